The number of fused-ring (bicyclic) bond motifs is 1. The number of carbonyl (C=O) groups is 2. The van der Waals surface area contributed by atoms with E-state index in [1.807, 2.05) is 13.8 Å². The van der Waals surface area contributed by atoms with Crippen LogP contribution in [0.25, 0.3) is 0 Å². The number of hydrogen-bond acceptors (Lipinski definition) is 3. The molecule has 2 rings (SSSR count). The summed E-state index contributed by atoms with van der Waals surface area (Å²) >= 11 is 0. The number of aliphatic carboxylic acids is 1. The van der Waals surface area contributed by atoms with Crippen molar-refractivity contribution in [1.29, 1.82) is 0 Å². The fraction of sp³-hybridized carbons (Fsp3) is 0.714. The molecular formula is C14H20NNaO3. The smallest absolute Gasteiger partial charge is 0.543 e. The zero-order chi connectivity index (χ0) is 13.4. The van der Waals surface area contributed by atoms with Crippen molar-refractivity contribution in [2.45, 2.75) is 52.5 Å². The molecule has 100 valence electrons. The van der Waals surface area contributed by atoms with Gasteiger partial charge in [0.15, 0.2) is 0 Å². The van der Waals surface area contributed by atoms with Gasteiger partial charge in [0.25, 0.3) is 0 Å². The molecule has 1 fully saturated rings. The molecule has 0 aliphatic carbocycles. The Morgan fingerprint density at radius 2 is 2.11 bits per heavy atom. The number of nitrogens with zero attached hydrogens (tertiary/aromatic N) is 1. The van der Waals surface area contributed by atoms with E-state index in [-0.39, 0.29) is 59.0 Å². The summed E-state index contributed by atoms with van der Waals surface area (Å²) in [5.41, 5.74) is 1.06. The van der Waals surface area contributed by atoms with Gasteiger partial charge in [-0.1, -0.05) is 27.2 Å². The molecule has 1 amide bonds. The number of unbranched alkanes of at least 4 members (excludes halogenated alkanes) is 1. The predicted octanol–water partition coefficient (Wildman–Crippen LogP) is -1.93. The summed E-state index contributed by atoms with van der Waals surface area (Å²) in [6.45, 7) is 6.11. The fourth-order valence-corrected chi connectivity index (χ4v) is 3.16. The van der Waals surface area contributed by atoms with Gasteiger partial charge in [-0.3, -0.25) is 4.79 Å². The van der Waals surface area contributed by atoms with Crippen LogP contribution in [0.4, 0.5) is 0 Å². The molecule has 0 N–H and O–H groups in total. The van der Waals surface area contributed by atoms with E-state index in [1.165, 1.54) is 4.90 Å². The van der Waals surface area contributed by atoms with Crippen LogP contribution in [0, 0.1) is 11.8 Å². The predicted molar refractivity (Wildman–Crippen MR) is 65.1 cm³/mol. The maximum absolute atomic E-state index is 12.0. The van der Waals surface area contributed by atoms with Crippen LogP contribution in [0.1, 0.15) is 46.5 Å². The first-order valence-electron chi connectivity index (χ1n) is 6.75. The van der Waals surface area contributed by atoms with Crippen molar-refractivity contribution in [3.63, 3.8) is 0 Å². The van der Waals surface area contributed by atoms with Crippen LogP contribution in [-0.2, 0) is 9.59 Å². The number of carbonyl (C=O) groups excluding carboxylic acids is 2. The molecule has 2 heterocycles. The number of amides is 1. The average Bonchev–Trinajstić information content (AvgIpc) is 2.60. The van der Waals surface area contributed by atoms with Crippen LogP contribution in [0.5, 0.6) is 0 Å². The van der Waals surface area contributed by atoms with E-state index >= 15 is 0 Å². The molecule has 0 aromatic carbocycles. The van der Waals surface area contributed by atoms with Gasteiger partial charge < -0.3 is 14.8 Å². The van der Waals surface area contributed by atoms with E-state index in [4.69, 9.17) is 0 Å². The SMILES string of the molecule is CCCCC1=C(C(=O)[O-])N2C(=O)C(C(C)C)C2C1.[Na+]. The second kappa shape index (κ2) is 6.42. The summed E-state index contributed by atoms with van der Waals surface area (Å²) in [4.78, 5) is 24.7. The van der Waals surface area contributed by atoms with Crippen molar-refractivity contribution < 1.29 is 44.3 Å². The van der Waals surface area contributed by atoms with E-state index in [9.17, 15) is 14.7 Å². The molecule has 19 heavy (non-hydrogen) atoms. The molecule has 0 bridgehead atoms. The summed E-state index contributed by atoms with van der Waals surface area (Å²) < 4.78 is 0. The van der Waals surface area contributed by atoms with Gasteiger partial charge in [0.05, 0.1) is 23.6 Å². The Balaban J connectivity index is 0.00000180. The van der Waals surface area contributed by atoms with Crippen molar-refractivity contribution in [3.05, 3.63) is 11.3 Å². The first-order chi connectivity index (χ1) is 8.49. The summed E-state index contributed by atoms with van der Waals surface area (Å²) in [7, 11) is 0. The Kier molecular flexibility index (Phi) is 5.65. The van der Waals surface area contributed by atoms with Gasteiger partial charge in [0.1, 0.15) is 0 Å². The first-order valence-corrected chi connectivity index (χ1v) is 6.75. The second-order valence-electron chi connectivity index (χ2n) is 5.59. The zero-order valence-corrected chi connectivity index (χ0v) is 14.2. The van der Waals surface area contributed by atoms with Gasteiger partial charge in [0.2, 0.25) is 5.91 Å². The van der Waals surface area contributed by atoms with Gasteiger partial charge in [-0.2, -0.15) is 0 Å². The third kappa shape index (κ3) is 2.76. The molecule has 1 saturated heterocycles. The molecule has 0 spiro atoms. The van der Waals surface area contributed by atoms with Crippen molar-refractivity contribution in [1.82, 2.24) is 4.90 Å². The molecule has 5 heteroatoms. The van der Waals surface area contributed by atoms with Gasteiger partial charge in [-0.05, 0) is 30.8 Å². The summed E-state index contributed by atoms with van der Waals surface area (Å²) in [6.07, 6.45) is 3.48. The van der Waals surface area contributed by atoms with Gasteiger partial charge in [0, 0.05) is 0 Å². The number of carboxylic acids is 1. The topological polar surface area (TPSA) is 60.4 Å². The third-order valence-corrected chi connectivity index (χ3v) is 4.04. The Labute approximate surface area is 136 Å². The van der Waals surface area contributed by atoms with Crippen molar-refractivity contribution in [2.24, 2.45) is 11.8 Å². The summed E-state index contributed by atoms with van der Waals surface area (Å²) in [5.74, 6) is -0.981. The van der Waals surface area contributed by atoms with Gasteiger partial charge >= 0.3 is 29.6 Å². The Bertz CT molecular complexity index is 417. The van der Waals surface area contributed by atoms with E-state index in [0.717, 1.165) is 31.3 Å². The standard InChI is InChI=1S/C14H21NO3.Na/c1-4-5-6-9-7-10-11(8(2)3)13(16)15(10)12(9)14(17)18;/h8,10-11H,4-7H2,1-3H3,(H,17,18);/q;+1/p-1. The summed E-state index contributed by atoms with van der Waals surface area (Å²) in [6, 6.07) is 0.0669. The molecule has 0 aromatic rings. The molecule has 4 nitrogen and oxygen atoms in total. The Morgan fingerprint density at radius 3 is 2.58 bits per heavy atom. The van der Waals surface area contributed by atoms with Crippen LogP contribution in [-0.4, -0.2) is 22.8 Å². The molecule has 2 unspecified atom stereocenters. The molecule has 0 radical (unpaired) electrons. The van der Waals surface area contributed by atoms with Crippen molar-refractivity contribution in [3.8, 4) is 0 Å². The Hall–Kier alpha value is -0.320. The quantitative estimate of drug-likeness (QED) is 0.433. The monoisotopic (exact) mass is 273 g/mol. The Morgan fingerprint density at radius 1 is 1.47 bits per heavy atom. The molecule has 2 aliphatic rings. The van der Waals surface area contributed by atoms with E-state index in [2.05, 4.69) is 6.92 Å². The van der Waals surface area contributed by atoms with Crippen LogP contribution in [0.2, 0.25) is 0 Å². The molecule has 2 aliphatic heterocycles. The number of β-lactam (4-membered cyclic amide) rings is 1. The largest absolute Gasteiger partial charge is 1.00 e. The van der Waals surface area contributed by atoms with Crippen molar-refractivity contribution in [2.75, 3.05) is 0 Å². The van der Waals surface area contributed by atoms with Crippen LogP contribution < -0.4 is 34.7 Å². The van der Waals surface area contributed by atoms with Gasteiger partial charge in [-0.25, -0.2) is 0 Å². The normalized spacial score (nSPS) is 25.3. The third-order valence-electron chi connectivity index (χ3n) is 4.04. The van der Waals surface area contributed by atoms with Crippen LogP contribution in [0.3, 0.4) is 0 Å². The molecule has 0 aromatic heterocycles. The molecule has 0 saturated carbocycles. The minimum Gasteiger partial charge on any atom is -0.543 e. The maximum Gasteiger partial charge on any atom is 1.00 e. The van der Waals surface area contributed by atoms with Crippen molar-refractivity contribution >= 4 is 11.9 Å². The minimum absolute atomic E-state index is 0. The number of hydrogen-bond donors (Lipinski definition) is 0. The van der Waals surface area contributed by atoms with E-state index < -0.39 is 5.97 Å². The molecule has 2 atom stereocenters. The average molecular weight is 273 g/mol. The van der Waals surface area contributed by atoms with E-state index in [0.29, 0.717) is 0 Å². The molecular weight excluding hydrogens is 253 g/mol. The number of rotatable bonds is 5. The second-order valence-corrected chi connectivity index (χ2v) is 5.59. The minimum atomic E-state index is -1.20. The fourth-order valence-electron chi connectivity index (χ4n) is 3.16. The zero-order valence-electron chi connectivity index (χ0n) is 12.2. The number of carboxylic acid groups (broad SMARTS) is 1. The van der Waals surface area contributed by atoms with Crippen LogP contribution in [0.15, 0.2) is 11.3 Å². The first kappa shape index (κ1) is 16.7. The van der Waals surface area contributed by atoms with E-state index in [1.54, 1.807) is 0 Å². The van der Waals surface area contributed by atoms with Gasteiger partial charge in [-0.15, -0.1) is 0 Å². The summed E-state index contributed by atoms with van der Waals surface area (Å²) in [5, 5.41) is 11.2. The maximum atomic E-state index is 12.0. The van der Waals surface area contributed by atoms with Crippen LogP contribution >= 0.6 is 0 Å².